The van der Waals surface area contributed by atoms with Crippen molar-refractivity contribution in [3.05, 3.63) is 76.5 Å². The Hall–Kier alpha value is -2.73. The van der Waals surface area contributed by atoms with E-state index in [1.54, 1.807) is 16.8 Å². The standard InChI is InChI=1S/C20H19N3O2S/c1-13-7-9-15(10-8-13)20(24)21-19-16-11-26(25)12-17(16)22-23(19)18-6-4-3-5-14(18)2/h3-10H,11-12H2,1-2H3,(H,21,24)/t26-/m1/s1. The average molecular weight is 365 g/mol. The maximum absolute atomic E-state index is 12.7. The Kier molecular flexibility index (Phi) is 4.20. The van der Waals surface area contributed by atoms with Gasteiger partial charge in [-0.25, -0.2) is 4.68 Å². The quantitative estimate of drug-likeness (QED) is 0.773. The molecule has 3 aromatic rings. The normalized spacial score (nSPS) is 15.7. The van der Waals surface area contributed by atoms with Crippen LogP contribution in [0.3, 0.4) is 0 Å². The van der Waals surface area contributed by atoms with Gasteiger partial charge in [0, 0.05) is 21.9 Å². The summed E-state index contributed by atoms with van der Waals surface area (Å²) in [5.41, 5.74) is 5.31. The average Bonchev–Trinajstić information content (AvgIpc) is 3.13. The lowest BCUT2D eigenvalue weighted by Crippen LogP contribution is -2.17. The fraction of sp³-hybridized carbons (Fsp3) is 0.200. The molecule has 0 spiro atoms. The number of aryl methyl sites for hydroxylation is 2. The zero-order valence-electron chi connectivity index (χ0n) is 14.7. The van der Waals surface area contributed by atoms with Crippen molar-refractivity contribution in [2.75, 3.05) is 5.32 Å². The molecule has 0 bridgehead atoms. The van der Waals surface area contributed by atoms with Crippen LogP contribution in [0.4, 0.5) is 5.82 Å². The van der Waals surface area contributed by atoms with Crippen LogP contribution in [-0.2, 0) is 22.3 Å². The molecule has 26 heavy (non-hydrogen) atoms. The maximum Gasteiger partial charge on any atom is 0.256 e. The van der Waals surface area contributed by atoms with Crippen molar-refractivity contribution in [1.82, 2.24) is 9.78 Å². The third kappa shape index (κ3) is 2.97. The highest BCUT2D eigenvalue weighted by molar-refractivity contribution is 7.83. The molecule has 0 saturated carbocycles. The molecule has 2 heterocycles. The number of benzene rings is 2. The Bertz CT molecular complexity index is 1020. The Morgan fingerprint density at radius 2 is 1.81 bits per heavy atom. The van der Waals surface area contributed by atoms with Crippen molar-refractivity contribution < 1.29 is 9.00 Å². The van der Waals surface area contributed by atoms with Gasteiger partial charge in [0.2, 0.25) is 0 Å². The van der Waals surface area contributed by atoms with E-state index in [4.69, 9.17) is 0 Å². The molecule has 1 N–H and O–H groups in total. The predicted octanol–water partition coefficient (Wildman–Crippen LogP) is 3.50. The number of fused-ring (bicyclic) bond motifs is 1. The molecule has 1 atom stereocenters. The Morgan fingerprint density at radius 1 is 1.08 bits per heavy atom. The summed E-state index contributed by atoms with van der Waals surface area (Å²) in [7, 11) is -0.958. The van der Waals surface area contributed by atoms with E-state index >= 15 is 0 Å². The second-order valence-electron chi connectivity index (χ2n) is 6.52. The first-order chi connectivity index (χ1) is 12.5. The highest BCUT2D eigenvalue weighted by atomic mass is 32.2. The van der Waals surface area contributed by atoms with Crippen LogP contribution in [0.5, 0.6) is 0 Å². The van der Waals surface area contributed by atoms with E-state index in [9.17, 15) is 9.00 Å². The van der Waals surface area contributed by atoms with Gasteiger partial charge in [-0.2, -0.15) is 5.10 Å². The number of carbonyl (C=O) groups is 1. The van der Waals surface area contributed by atoms with Crippen LogP contribution < -0.4 is 5.32 Å². The highest BCUT2D eigenvalue weighted by Crippen LogP contribution is 2.32. The van der Waals surface area contributed by atoms with Crippen LogP contribution in [0.25, 0.3) is 5.69 Å². The summed E-state index contributed by atoms with van der Waals surface area (Å²) in [6, 6.07) is 15.3. The molecule has 1 aliphatic heterocycles. The summed E-state index contributed by atoms with van der Waals surface area (Å²) in [5.74, 6) is 1.28. The van der Waals surface area contributed by atoms with Gasteiger partial charge in [0.1, 0.15) is 5.82 Å². The molecular weight excluding hydrogens is 346 g/mol. The maximum atomic E-state index is 12.7. The minimum absolute atomic E-state index is 0.194. The Labute approximate surface area is 154 Å². The molecule has 0 radical (unpaired) electrons. The molecule has 0 aliphatic carbocycles. The van der Waals surface area contributed by atoms with Crippen LogP contribution in [-0.4, -0.2) is 19.9 Å². The number of hydrogen-bond donors (Lipinski definition) is 1. The van der Waals surface area contributed by atoms with E-state index in [0.717, 1.165) is 28.1 Å². The topological polar surface area (TPSA) is 64.0 Å². The van der Waals surface area contributed by atoms with Crippen molar-refractivity contribution in [3.63, 3.8) is 0 Å². The highest BCUT2D eigenvalue weighted by Gasteiger charge is 2.28. The van der Waals surface area contributed by atoms with Crippen molar-refractivity contribution in [2.45, 2.75) is 25.4 Å². The number of nitrogens with zero attached hydrogens (tertiary/aromatic N) is 2. The van der Waals surface area contributed by atoms with E-state index in [1.165, 1.54) is 0 Å². The van der Waals surface area contributed by atoms with Gasteiger partial charge in [0.05, 0.1) is 22.9 Å². The van der Waals surface area contributed by atoms with Crippen LogP contribution in [0, 0.1) is 13.8 Å². The molecule has 2 aromatic carbocycles. The van der Waals surface area contributed by atoms with Gasteiger partial charge in [-0.1, -0.05) is 35.9 Å². The van der Waals surface area contributed by atoms with Gasteiger partial charge < -0.3 is 5.32 Å². The first kappa shape index (κ1) is 16.7. The van der Waals surface area contributed by atoms with E-state index in [1.807, 2.05) is 50.2 Å². The molecule has 0 fully saturated rings. The fourth-order valence-corrected chi connectivity index (χ4v) is 4.38. The number of rotatable bonds is 3. The monoisotopic (exact) mass is 365 g/mol. The Balaban J connectivity index is 1.77. The second-order valence-corrected chi connectivity index (χ2v) is 7.98. The summed E-state index contributed by atoms with van der Waals surface area (Å²) in [6.07, 6.45) is 0. The Morgan fingerprint density at radius 3 is 2.54 bits per heavy atom. The lowest BCUT2D eigenvalue weighted by Gasteiger charge is -2.13. The van der Waals surface area contributed by atoms with Crippen molar-refractivity contribution >= 4 is 22.5 Å². The third-order valence-electron chi connectivity index (χ3n) is 4.56. The van der Waals surface area contributed by atoms with Gasteiger partial charge >= 0.3 is 0 Å². The summed E-state index contributed by atoms with van der Waals surface area (Å²) >= 11 is 0. The first-order valence-electron chi connectivity index (χ1n) is 8.42. The minimum atomic E-state index is -0.958. The summed E-state index contributed by atoms with van der Waals surface area (Å²) in [5, 5.41) is 7.64. The van der Waals surface area contributed by atoms with E-state index in [-0.39, 0.29) is 5.91 Å². The number of amides is 1. The van der Waals surface area contributed by atoms with Gasteiger partial charge in [-0.3, -0.25) is 9.00 Å². The lowest BCUT2D eigenvalue weighted by atomic mass is 10.1. The van der Waals surface area contributed by atoms with Crippen molar-refractivity contribution in [2.24, 2.45) is 0 Å². The zero-order valence-corrected chi connectivity index (χ0v) is 15.5. The summed E-state index contributed by atoms with van der Waals surface area (Å²) in [6.45, 7) is 3.99. The van der Waals surface area contributed by atoms with Crippen LogP contribution in [0.2, 0.25) is 0 Å². The SMILES string of the molecule is Cc1ccc(C(=O)Nc2c3c(nn2-c2ccccc2C)C[S@](=O)C3)cc1. The molecule has 1 aliphatic rings. The largest absolute Gasteiger partial charge is 0.306 e. The smallest absolute Gasteiger partial charge is 0.256 e. The molecule has 132 valence electrons. The zero-order chi connectivity index (χ0) is 18.3. The molecular formula is C20H19N3O2S. The lowest BCUT2D eigenvalue weighted by molar-refractivity contribution is 0.102. The van der Waals surface area contributed by atoms with Gasteiger partial charge in [0.15, 0.2) is 0 Å². The van der Waals surface area contributed by atoms with E-state index in [0.29, 0.717) is 22.9 Å². The number of hydrogen-bond acceptors (Lipinski definition) is 3. The van der Waals surface area contributed by atoms with E-state index < -0.39 is 10.8 Å². The molecule has 4 rings (SSSR count). The number of para-hydroxylation sites is 1. The summed E-state index contributed by atoms with van der Waals surface area (Å²) in [4.78, 5) is 12.7. The predicted molar refractivity (Wildman–Crippen MR) is 103 cm³/mol. The number of anilines is 1. The van der Waals surface area contributed by atoms with Crippen LogP contribution in [0.15, 0.2) is 48.5 Å². The van der Waals surface area contributed by atoms with E-state index in [2.05, 4.69) is 10.4 Å². The second kappa shape index (κ2) is 6.53. The first-order valence-corrected chi connectivity index (χ1v) is 9.91. The van der Waals surface area contributed by atoms with Crippen molar-refractivity contribution in [1.29, 1.82) is 0 Å². The minimum Gasteiger partial charge on any atom is -0.306 e. The van der Waals surface area contributed by atoms with Crippen LogP contribution in [0.1, 0.15) is 32.7 Å². The number of nitrogens with one attached hydrogen (secondary N) is 1. The molecule has 0 saturated heterocycles. The van der Waals surface area contributed by atoms with Crippen molar-refractivity contribution in [3.8, 4) is 5.69 Å². The van der Waals surface area contributed by atoms with Gasteiger partial charge in [0.25, 0.3) is 5.91 Å². The fourth-order valence-electron chi connectivity index (χ4n) is 3.12. The molecule has 1 amide bonds. The molecule has 5 nitrogen and oxygen atoms in total. The number of aromatic nitrogens is 2. The van der Waals surface area contributed by atoms with Crippen LogP contribution >= 0.6 is 0 Å². The third-order valence-corrected chi connectivity index (χ3v) is 5.77. The van der Waals surface area contributed by atoms with Gasteiger partial charge in [-0.05, 0) is 37.6 Å². The number of carbonyl (C=O) groups excluding carboxylic acids is 1. The van der Waals surface area contributed by atoms with Gasteiger partial charge in [-0.15, -0.1) is 0 Å². The molecule has 1 aromatic heterocycles. The molecule has 6 heteroatoms. The summed E-state index contributed by atoms with van der Waals surface area (Å²) < 4.78 is 13.7. The molecule has 0 unspecified atom stereocenters.